The summed E-state index contributed by atoms with van der Waals surface area (Å²) in [5, 5.41) is 0.0215. The lowest BCUT2D eigenvalue weighted by atomic mass is 9.73. The number of piperidine rings is 2. The number of rotatable bonds is 4. The molecule has 0 bridgehead atoms. The summed E-state index contributed by atoms with van der Waals surface area (Å²) < 4.78 is 13.8. The van der Waals surface area contributed by atoms with E-state index in [2.05, 4.69) is 13.8 Å². The van der Waals surface area contributed by atoms with Gasteiger partial charge in [-0.15, -0.1) is 0 Å². The molecular weight excluding hydrogens is 367 g/mol. The van der Waals surface area contributed by atoms with Gasteiger partial charge < -0.3 is 9.80 Å². The molecule has 0 aliphatic carbocycles. The van der Waals surface area contributed by atoms with E-state index in [1.807, 2.05) is 9.80 Å². The first kappa shape index (κ1) is 20.1. The number of halogens is 2. The summed E-state index contributed by atoms with van der Waals surface area (Å²) in [5.74, 6) is 0.0528. The fourth-order valence-corrected chi connectivity index (χ4v) is 4.36. The van der Waals surface area contributed by atoms with E-state index < -0.39 is 5.82 Å². The first-order valence-corrected chi connectivity index (χ1v) is 10.2. The highest BCUT2D eigenvalue weighted by Crippen LogP contribution is 2.39. The zero-order chi connectivity index (χ0) is 19.6. The summed E-state index contributed by atoms with van der Waals surface area (Å²) in [6.07, 6.45) is 4.30. The average molecular weight is 395 g/mol. The number of hydrogen-bond acceptors (Lipinski definition) is 2. The van der Waals surface area contributed by atoms with Gasteiger partial charge in [0.05, 0.1) is 5.02 Å². The van der Waals surface area contributed by atoms with Gasteiger partial charge in [0.2, 0.25) is 5.91 Å². The summed E-state index contributed by atoms with van der Waals surface area (Å²) in [4.78, 5) is 29.0. The number of hydrogen-bond donors (Lipinski definition) is 0. The van der Waals surface area contributed by atoms with E-state index >= 15 is 0 Å². The van der Waals surface area contributed by atoms with Crippen LogP contribution in [0, 0.1) is 17.2 Å². The molecule has 0 radical (unpaired) electrons. The van der Waals surface area contributed by atoms with Crippen LogP contribution in [0.15, 0.2) is 18.2 Å². The molecule has 0 N–H and O–H groups in total. The van der Waals surface area contributed by atoms with E-state index in [0.717, 1.165) is 38.8 Å². The average Bonchev–Trinajstić information content (AvgIpc) is 2.64. The lowest BCUT2D eigenvalue weighted by Gasteiger charge is -2.48. The summed E-state index contributed by atoms with van der Waals surface area (Å²) in [6, 6.07) is 4.22. The van der Waals surface area contributed by atoms with Crippen LogP contribution in [0.5, 0.6) is 0 Å². The molecule has 27 heavy (non-hydrogen) atoms. The molecule has 0 aromatic heterocycles. The number of amides is 2. The van der Waals surface area contributed by atoms with Crippen molar-refractivity contribution >= 4 is 23.4 Å². The Balaban J connectivity index is 1.71. The van der Waals surface area contributed by atoms with Crippen molar-refractivity contribution in [3.8, 4) is 0 Å². The van der Waals surface area contributed by atoms with Crippen LogP contribution in [-0.4, -0.2) is 47.8 Å². The van der Waals surface area contributed by atoms with E-state index in [0.29, 0.717) is 31.0 Å². The van der Waals surface area contributed by atoms with Crippen molar-refractivity contribution in [1.29, 1.82) is 0 Å². The molecule has 1 aromatic carbocycles. The molecular formula is C21H28ClFN2O2. The third-order valence-corrected chi connectivity index (χ3v) is 6.15. The standard InChI is InChI=1S/C21H28ClFN2O2/c1-15(2)7-11-24-13-21(9-6-19(24)26)8-3-10-25(14-21)20(27)16-4-5-17(22)18(23)12-16/h4-5,12,15H,3,6-11,13-14H2,1-2H3/t21-/m0/s1. The van der Waals surface area contributed by atoms with Crippen molar-refractivity contribution in [2.45, 2.75) is 46.0 Å². The maximum atomic E-state index is 13.8. The van der Waals surface area contributed by atoms with Crippen molar-refractivity contribution in [3.05, 3.63) is 34.6 Å². The third-order valence-electron chi connectivity index (χ3n) is 5.84. The molecule has 0 saturated carbocycles. The smallest absolute Gasteiger partial charge is 0.253 e. The van der Waals surface area contributed by atoms with E-state index in [9.17, 15) is 14.0 Å². The molecule has 6 heteroatoms. The van der Waals surface area contributed by atoms with Gasteiger partial charge in [-0.2, -0.15) is 0 Å². The Morgan fingerprint density at radius 2 is 2.07 bits per heavy atom. The Hall–Kier alpha value is -1.62. The van der Waals surface area contributed by atoms with Crippen LogP contribution in [0.3, 0.4) is 0 Å². The van der Waals surface area contributed by atoms with E-state index in [4.69, 9.17) is 11.6 Å². The molecule has 1 spiro atoms. The van der Waals surface area contributed by atoms with Gasteiger partial charge in [-0.05, 0) is 49.8 Å². The van der Waals surface area contributed by atoms with Gasteiger partial charge in [0.25, 0.3) is 5.91 Å². The lowest BCUT2D eigenvalue weighted by molar-refractivity contribution is -0.139. The second kappa shape index (κ2) is 8.17. The summed E-state index contributed by atoms with van der Waals surface area (Å²) in [7, 11) is 0. The van der Waals surface area contributed by atoms with E-state index in [-0.39, 0.29) is 22.3 Å². The fraction of sp³-hybridized carbons (Fsp3) is 0.619. The minimum absolute atomic E-state index is 0.0215. The summed E-state index contributed by atoms with van der Waals surface area (Å²) in [5.41, 5.74) is 0.293. The van der Waals surface area contributed by atoms with Gasteiger partial charge in [-0.25, -0.2) is 4.39 Å². The summed E-state index contributed by atoms with van der Waals surface area (Å²) >= 11 is 5.73. The minimum atomic E-state index is -0.572. The van der Waals surface area contributed by atoms with Crippen LogP contribution < -0.4 is 0 Å². The predicted molar refractivity (Wildman–Crippen MR) is 104 cm³/mol. The molecule has 1 atom stereocenters. The Bertz CT molecular complexity index is 724. The SMILES string of the molecule is CC(C)CCN1C[C@]2(CCCN(C(=O)c3ccc(Cl)c(F)c3)C2)CCC1=O. The predicted octanol–water partition coefficient (Wildman–Crippen LogP) is 4.37. The van der Waals surface area contributed by atoms with Crippen LogP contribution >= 0.6 is 11.6 Å². The molecule has 2 fully saturated rings. The zero-order valence-electron chi connectivity index (χ0n) is 16.1. The number of benzene rings is 1. The van der Waals surface area contributed by atoms with Crippen LogP contribution in [0.4, 0.5) is 4.39 Å². The molecule has 148 valence electrons. The van der Waals surface area contributed by atoms with Crippen LogP contribution in [0.25, 0.3) is 0 Å². The van der Waals surface area contributed by atoms with Crippen LogP contribution in [-0.2, 0) is 4.79 Å². The Morgan fingerprint density at radius 3 is 2.78 bits per heavy atom. The normalized spacial score (nSPS) is 23.4. The summed E-state index contributed by atoms with van der Waals surface area (Å²) in [6.45, 7) is 7.13. The van der Waals surface area contributed by atoms with Gasteiger partial charge in [0.1, 0.15) is 5.82 Å². The topological polar surface area (TPSA) is 40.6 Å². The molecule has 2 aliphatic heterocycles. The maximum absolute atomic E-state index is 13.8. The number of carbonyl (C=O) groups excluding carboxylic acids is 2. The van der Waals surface area contributed by atoms with Gasteiger partial charge in [-0.3, -0.25) is 9.59 Å². The van der Waals surface area contributed by atoms with Crippen molar-refractivity contribution in [2.75, 3.05) is 26.2 Å². The van der Waals surface area contributed by atoms with Gasteiger partial charge in [0.15, 0.2) is 0 Å². The molecule has 2 amide bonds. The number of carbonyl (C=O) groups is 2. The van der Waals surface area contributed by atoms with Gasteiger partial charge >= 0.3 is 0 Å². The monoisotopic (exact) mass is 394 g/mol. The fourth-order valence-electron chi connectivity index (χ4n) is 4.25. The quantitative estimate of drug-likeness (QED) is 0.760. The van der Waals surface area contributed by atoms with Crippen LogP contribution in [0.2, 0.25) is 5.02 Å². The van der Waals surface area contributed by atoms with Gasteiger partial charge in [0, 0.05) is 43.6 Å². The van der Waals surface area contributed by atoms with E-state index in [1.165, 1.54) is 12.1 Å². The Morgan fingerprint density at radius 1 is 1.30 bits per heavy atom. The highest BCUT2D eigenvalue weighted by atomic mass is 35.5. The van der Waals surface area contributed by atoms with Crippen LogP contribution in [0.1, 0.15) is 56.3 Å². The van der Waals surface area contributed by atoms with E-state index in [1.54, 1.807) is 6.07 Å². The minimum Gasteiger partial charge on any atom is -0.342 e. The van der Waals surface area contributed by atoms with Crippen molar-refractivity contribution in [2.24, 2.45) is 11.3 Å². The first-order valence-electron chi connectivity index (χ1n) is 9.82. The zero-order valence-corrected chi connectivity index (χ0v) is 16.9. The highest BCUT2D eigenvalue weighted by molar-refractivity contribution is 6.30. The largest absolute Gasteiger partial charge is 0.342 e. The lowest BCUT2D eigenvalue weighted by Crippen LogP contribution is -2.55. The number of nitrogens with zero attached hydrogens (tertiary/aromatic N) is 2. The molecule has 3 rings (SSSR count). The first-order chi connectivity index (χ1) is 12.8. The maximum Gasteiger partial charge on any atom is 0.253 e. The van der Waals surface area contributed by atoms with Crippen molar-refractivity contribution < 1.29 is 14.0 Å². The molecule has 2 aliphatic rings. The molecule has 4 nitrogen and oxygen atoms in total. The Kier molecular flexibility index (Phi) is 6.09. The van der Waals surface area contributed by atoms with Gasteiger partial charge in [-0.1, -0.05) is 25.4 Å². The van der Waals surface area contributed by atoms with Crippen molar-refractivity contribution in [3.63, 3.8) is 0 Å². The second-order valence-electron chi connectivity index (χ2n) is 8.46. The molecule has 1 aromatic rings. The highest BCUT2D eigenvalue weighted by Gasteiger charge is 2.42. The second-order valence-corrected chi connectivity index (χ2v) is 8.86. The Labute approximate surface area is 165 Å². The van der Waals surface area contributed by atoms with Crippen molar-refractivity contribution in [1.82, 2.24) is 9.80 Å². The number of likely N-dealkylation sites (tertiary alicyclic amines) is 2. The third kappa shape index (κ3) is 4.63. The molecule has 2 saturated heterocycles. The molecule has 2 heterocycles. The molecule has 0 unspecified atom stereocenters.